The van der Waals surface area contributed by atoms with E-state index in [0.717, 1.165) is 0 Å². The van der Waals surface area contributed by atoms with Gasteiger partial charge in [-0.3, -0.25) is 0 Å². The van der Waals surface area contributed by atoms with Gasteiger partial charge in [0.2, 0.25) is 0 Å². The van der Waals surface area contributed by atoms with Crippen molar-refractivity contribution in [2.24, 2.45) is 0 Å². The smallest absolute Gasteiger partial charge is 0.137 e. The molecular formula is C11H10O5-2. The van der Waals surface area contributed by atoms with Gasteiger partial charge in [-0.15, -0.1) is 0 Å². The van der Waals surface area contributed by atoms with E-state index in [1.54, 1.807) is 0 Å². The number of carbonyl (C=O) groups is 2. The van der Waals surface area contributed by atoms with E-state index in [4.69, 9.17) is 4.74 Å². The Hall–Kier alpha value is -2.04. The first-order valence-corrected chi connectivity index (χ1v) is 4.76. The first-order valence-electron chi connectivity index (χ1n) is 4.76. The molecule has 86 valence electrons. The summed E-state index contributed by atoms with van der Waals surface area (Å²) in [7, 11) is 0. The fourth-order valence-electron chi connectivity index (χ4n) is 1.22. The molecule has 1 rings (SSSR count). The van der Waals surface area contributed by atoms with E-state index in [-0.39, 0.29) is 23.5 Å². The Morgan fingerprint density at radius 1 is 1.19 bits per heavy atom. The lowest BCUT2D eigenvalue weighted by molar-refractivity contribution is -0.255. The molecule has 0 atom stereocenters. The van der Waals surface area contributed by atoms with Gasteiger partial charge in [0.1, 0.15) is 5.75 Å². The Labute approximate surface area is 92.3 Å². The Morgan fingerprint density at radius 2 is 1.69 bits per heavy atom. The zero-order chi connectivity index (χ0) is 12.1. The molecule has 0 aromatic heterocycles. The molecule has 0 fully saturated rings. The molecule has 1 aromatic rings. The summed E-state index contributed by atoms with van der Waals surface area (Å²) >= 11 is 0. The van der Waals surface area contributed by atoms with E-state index in [9.17, 15) is 19.8 Å². The van der Waals surface area contributed by atoms with Gasteiger partial charge in [0, 0.05) is 11.1 Å². The molecule has 0 spiro atoms. The topological polar surface area (TPSA) is 89.5 Å². The van der Waals surface area contributed by atoms with E-state index in [2.05, 4.69) is 0 Å². The molecule has 16 heavy (non-hydrogen) atoms. The Morgan fingerprint density at radius 3 is 2.06 bits per heavy atom. The van der Waals surface area contributed by atoms with Crippen LogP contribution in [0.15, 0.2) is 18.2 Å². The van der Waals surface area contributed by atoms with Crippen molar-refractivity contribution in [3.63, 3.8) is 0 Å². The van der Waals surface area contributed by atoms with Gasteiger partial charge >= 0.3 is 0 Å². The van der Waals surface area contributed by atoms with E-state index in [0.29, 0.717) is 6.42 Å². The zero-order valence-corrected chi connectivity index (χ0v) is 8.69. The number of carbonyl (C=O) groups excluding carboxylic acids is 2. The summed E-state index contributed by atoms with van der Waals surface area (Å²) in [6.07, 6.45) is 0.633. The molecule has 0 N–H and O–H groups in total. The van der Waals surface area contributed by atoms with Gasteiger partial charge in [-0.1, -0.05) is 13.0 Å². The fraction of sp³-hybridized carbons (Fsp3) is 0.273. The van der Waals surface area contributed by atoms with E-state index >= 15 is 0 Å². The molecule has 0 aliphatic heterocycles. The number of carboxylic acid groups (broad SMARTS) is 2. The molecule has 0 saturated carbocycles. The maximum atomic E-state index is 10.8. The molecule has 0 bridgehead atoms. The van der Waals surface area contributed by atoms with Crippen molar-refractivity contribution in [2.45, 2.75) is 13.3 Å². The summed E-state index contributed by atoms with van der Waals surface area (Å²) in [6.45, 7) is 2.05. The number of aromatic carboxylic acids is 2. The summed E-state index contributed by atoms with van der Waals surface area (Å²) in [5, 5.41) is 21.5. The minimum atomic E-state index is -1.48. The van der Waals surface area contributed by atoms with Crippen LogP contribution in [-0.2, 0) is 0 Å². The monoisotopic (exact) mass is 222 g/mol. The standard InChI is InChI=1S/C11H12O5/c1-2-6-16-9-7(10(12)13)4-3-5-8(9)11(14)15/h3-5H,2,6H2,1H3,(H,12,13)(H,14,15)/p-2. The molecule has 1 aromatic carbocycles. The van der Waals surface area contributed by atoms with Crippen molar-refractivity contribution in [2.75, 3.05) is 6.61 Å². The van der Waals surface area contributed by atoms with Crippen molar-refractivity contribution in [1.29, 1.82) is 0 Å². The normalized spacial score (nSPS) is 9.81. The van der Waals surface area contributed by atoms with Crippen LogP contribution in [0.5, 0.6) is 5.75 Å². The predicted octanol–water partition coefficient (Wildman–Crippen LogP) is -0.798. The summed E-state index contributed by atoms with van der Waals surface area (Å²) < 4.78 is 5.10. The third-order valence-corrected chi connectivity index (χ3v) is 1.91. The van der Waals surface area contributed by atoms with Crippen LogP contribution in [0.4, 0.5) is 0 Å². The third-order valence-electron chi connectivity index (χ3n) is 1.91. The largest absolute Gasteiger partial charge is 0.545 e. The molecular weight excluding hydrogens is 212 g/mol. The zero-order valence-electron chi connectivity index (χ0n) is 8.69. The van der Waals surface area contributed by atoms with Crippen LogP contribution >= 0.6 is 0 Å². The molecule has 0 aliphatic rings. The van der Waals surface area contributed by atoms with Crippen LogP contribution in [0, 0.1) is 0 Å². The molecule has 5 nitrogen and oxygen atoms in total. The molecule has 0 amide bonds. The van der Waals surface area contributed by atoms with Gasteiger partial charge in [-0.05, 0) is 18.6 Å². The SMILES string of the molecule is CCCOc1c(C(=O)[O-])cccc1C(=O)[O-]. The van der Waals surface area contributed by atoms with Crippen LogP contribution in [0.3, 0.4) is 0 Å². The van der Waals surface area contributed by atoms with Gasteiger partial charge < -0.3 is 24.5 Å². The van der Waals surface area contributed by atoms with Crippen molar-refractivity contribution in [1.82, 2.24) is 0 Å². The average molecular weight is 222 g/mol. The molecule has 0 aliphatic carbocycles. The average Bonchev–Trinajstić information content (AvgIpc) is 2.25. The lowest BCUT2D eigenvalue weighted by Gasteiger charge is -2.16. The van der Waals surface area contributed by atoms with Crippen molar-refractivity contribution in [3.8, 4) is 5.75 Å². The van der Waals surface area contributed by atoms with Gasteiger partial charge in [0.25, 0.3) is 0 Å². The fourth-order valence-corrected chi connectivity index (χ4v) is 1.22. The van der Waals surface area contributed by atoms with E-state index in [1.165, 1.54) is 18.2 Å². The number of benzene rings is 1. The number of carboxylic acids is 2. The first kappa shape index (κ1) is 12.0. The molecule has 0 saturated heterocycles. The maximum Gasteiger partial charge on any atom is 0.137 e. The highest BCUT2D eigenvalue weighted by Crippen LogP contribution is 2.23. The third kappa shape index (κ3) is 2.50. The van der Waals surface area contributed by atoms with Gasteiger partial charge in [0.15, 0.2) is 0 Å². The minimum absolute atomic E-state index is 0.204. The minimum Gasteiger partial charge on any atom is -0.545 e. The Kier molecular flexibility index (Phi) is 3.88. The number of para-hydroxylation sites is 1. The number of hydrogen-bond donors (Lipinski definition) is 0. The van der Waals surface area contributed by atoms with Gasteiger partial charge in [0.05, 0.1) is 18.5 Å². The summed E-state index contributed by atoms with van der Waals surface area (Å²) in [5.74, 6) is -3.16. The second-order valence-electron chi connectivity index (χ2n) is 3.11. The summed E-state index contributed by atoms with van der Waals surface area (Å²) in [6, 6.07) is 3.76. The number of ether oxygens (including phenoxy) is 1. The number of rotatable bonds is 5. The van der Waals surface area contributed by atoms with Crippen molar-refractivity contribution < 1.29 is 24.5 Å². The van der Waals surface area contributed by atoms with Crippen LogP contribution in [0.1, 0.15) is 34.1 Å². The molecule has 5 heteroatoms. The Bertz CT molecular complexity index is 379. The van der Waals surface area contributed by atoms with E-state index < -0.39 is 11.9 Å². The predicted molar refractivity (Wildman–Crippen MR) is 50.9 cm³/mol. The Balaban J connectivity index is 3.23. The van der Waals surface area contributed by atoms with Crippen molar-refractivity contribution >= 4 is 11.9 Å². The molecule has 0 heterocycles. The van der Waals surface area contributed by atoms with Gasteiger partial charge in [-0.25, -0.2) is 0 Å². The van der Waals surface area contributed by atoms with Crippen LogP contribution in [0.25, 0.3) is 0 Å². The second kappa shape index (κ2) is 5.16. The number of hydrogen-bond acceptors (Lipinski definition) is 5. The lowest BCUT2D eigenvalue weighted by atomic mass is 10.1. The molecule has 0 unspecified atom stereocenters. The van der Waals surface area contributed by atoms with Gasteiger partial charge in [-0.2, -0.15) is 0 Å². The van der Waals surface area contributed by atoms with E-state index in [1.807, 2.05) is 6.92 Å². The quantitative estimate of drug-likeness (QED) is 0.650. The second-order valence-corrected chi connectivity index (χ2v) is 3.11. The summed E-state index contributed by atoms with van der Waals surface area (Å²) in [4.78, 5) is 21.5. The van der Waals surface area contributed by atoms with Crippen LogP contribution in [-0.4, -0.2) is 18.5 Å². The molecule has 0 radical (unpaired) electrons. The highest BCUT2D eigenvalue weighted by Gasteiger charge is 2.11. The highest BCUT2D eigenvalue weighted by molar-refractivity contribution is 5.97. The van der Waals surface area contributed by atoms with Crippen LogP contribution < -0.4 is 14.9 Å². The lowest BCUT2D eigenvalue weighted by Crippen LogP contribution is -2.27. The maximum absolute atomic E-state index is 10.8. The van der Waals surface area contributed by atoms with Crippen molar-refractivity contribution in [3.05, 3.63) is 29.3 Å². The first-order chi connectivity index (χ1) is 7.57. The summed E-state index contributed by atoms with van der Waals surface area (Å²) in [5.41, 5.74) is -0.565. The highest BCUT2D eigenvalue weighted by atomic mass is 16.5. The van der Waals surface area contributed by atoms with Crippen LogP contribution in [0.2, 0.25) is 0 Å².